The van der Waals surface area contributed by atoms with Crippen molar-refractivity contribution in [3.8, 4) is 5.75 Å². The third kappa shape index (κ3) is 4.47. The van der Waals surface area contributed by atoms with E-state index >= 15 is 0 Å². The summed E-state index contributed by atoms with van der Waals surface area (Å²) in [6.45, 7) is -0.0615. The molecular formula is C25H19ClO3. The van der Waals surface area contributed by atoms with E-state index in [0.29, 0.717) is 16.3 Å². The lowest BCUT2D eigenvalue weighted by molar-refractivity contribution is 0.0921. The summed E-state index contributed by atoms with van der Waals surface area (Å²) in [5.74, 6) is 0.547. The molecule has 0 aliphatic heterocycles. The first kappa shape index (κ1) is 19.2. The number of hydrogen-bond donors (Lipinski definition) is 0. The minimum Gasteiger partial charge on any atom is -0.485 e. The van der Waals surface area contributed by atoms with Gasteiger partial charge in [-0.1, -0.05) is 48.0 Å². The van der Waals surface area contributed by atoms with Gasteiger partial charge in [-0.15, -0.1) is 0 Å². The number of carbonyl (C=O) groups excluding carboxylic acids is 2. The normalized spacial score (nSPS) is 14.5. The fourth-order valence-corrected chi connectivity index (χ4v) is 3.54. The maximum atomic E-state index is 12.7. The van der Waals surface area contributed by atoms with Crippen LogP contribution in [0.4, 0.5) is 0 Å². The van der Waals surface area contributed by atoms with Gasteiger partial charge in [0.15, 0.2) is 18.2 Å². The van der Waals surface area contributed by atoms with Crippen molar-refractivity contribution < 1.29 is 14.3 Å². The van der Waals surface area contributed by atoms with Crippen LogP contribution in [0, 0.1) is 0 Å². The lowest BCUT2D eigenvalue weighted by Gasteiger charge is -2.17. The van der Waals surface area contributed by atoms with E-state index in [1.807, 2.05) is 48.5 Å². The van der Waals surface area contributed by atoms with Gasteiger partial charge in [0.05, 0.1) is 0 Å². The van der Waals surface area contributed by atoms with Crippen molar-refractivity contribution in [1.29, 1.82) is 0 Å². The van der Waals surface area contributed by atoms with Crippen molar-refractivity contribution in [2.45, 2.75) is 12.8 Å². The molecule has 0 spiro atoms. The number of rotatable bonds is 5. The number of halogens is 1. The first-order chi connectivity index (χ1) is 14.1. The van der Waals surface area contributed by atoms with Crippen LogP contribution in [0.2, 0.25) is 5.02 Å². The van der Waals surface area contributed by atoms with E-state index in [9.17, 15) is 9.59 Å². The number of carbonyl (C=O) groups is 2. The molecule has 1 aliphatic carbocycles. The standard InChI is InChI=1S/C25H19ClO3/c26-21-12-10-19(11-13-21)24(27)16-29-22-6-3-4-17(15-22)14-20-9-8-18-5-1-2-7-23(18)25(20)28/h1-7,10-15H,8-9,16H2/b20-14+. The van der Waals surface area contributed by atoms with Crippen molar-refractivity contribution in [3.63, 3.8) is 0 Å². The molecule has 0 N–H and O–H groups in total. The van der Waals surface area contributed by atoms with Crippen molar-refractivity contribution >= 4 is 29.2 Å². The zero-order chi connectivity index (χ0) is 20.2. The second kappa shape index (κ2) is 8.46. The first-order valence-electron chi connectivity index (χ1n) is 9.45. The van der Waals surface area contributed by atoms with Gasteiger partial charge in [-0.05, 0) is 66.4 Å². The molecule has 29 heavy (non-hydrogen) atoms. The lowest BCUT2D eigenvalue weighted by Crippen LogP contribution is -2.13. The molecule has 0 aromatic heterocycles. The molecule has 0 fully saturated rings. The van der Waals surface area contributed by atoms with Gasteiger partial charge in [0, 0.05) is 21.7 Å². The predicted octanol–water partition coefficient (Wildman–Crippen LogP) is 5.81. The van der Waals surface area contributed by atoms with E-state index in [1.54, 1.807) is 30.3 Å². The fraction of sp³-hybridized carbons (Fsp3) is 0.120. The molecule has 0 bridgehead atoms. The Labute approximate surface area is 174 Å². The van der Waals surface area contributed by atoms with Gasteiger partial charge in [0.2, 0.25) is 0 Å². The molecule has 4 heteroatoms. The Bertz CT molecular complexity index is 1100. The highest BCUT2D eigenvalue weighted by molar-refractivity contribution is 6.30. The van der Waals surface area contributed by atoms with Crippen LogP contribution in [-0.4, -0.2) is 18.2 Å². The number of hydrogen-bond acceptors (Lipinski definition) is 3. The highest BCUT2D eigenvalue weighted by Crippen LogP contribution is 2.27. The Balaban J connectivity index is 1.46. The van der Waals surface area contributed by atoms with Crippen LogP contribution < -0.4 is 4.74 Å². The molecule has 0 radical (unpaired) electrons. The lowest BCUT2D eigenvalue weighted by atomic mass is 9.86. The molecule has 1 aliphatic rings. The maximum absolute atomic E-state index is 12.7. The quantitative estimate of drug-likeness (QED) is 0.399. The third-order valence-corrected chi connectivity index (χ3v) is 5.20. The molecular weight excluding hydrogens is 384 g/mol. The van der Waals surface area contributed by atoms with E-state index in [2.05, 4.69) is 0 Å². The summed E-state index contributed by atoms with van der Waals surface area (Å²) in [5, 5.41) is 0.586. The zero-order valence-electron chi connectivity index (χ0n) is 15.7. The van der Waals surface area contributed by atoms with Crippen molar-refractivity contribution in [2.24, 2.45) is 0 Å². The molecule has 0 unspecified atom stereocenters. The number of ether oxygens (including phenoxy) is 1. The van der Waals surface area contributed by atoms with Crippen molar-refractivity contribution in [2.75, 3.05) is 6.61 Å². The van der Waals surface area contributed by atoms with Gasteiger partial charge >= 0.3 is 0 Å². The Morgan fingerprint density at radius 1 is 0.966 bits per heavy atom. The van der Waals surface area contributed by atoms with Gasteiger partial charge in [-0.3, -0.25) is 9.59 Å². The molecule has 0 atom stereocenters. The Kier molecular flexibility index (Phi) is 5.59. The third-order valence-electron chi connectivity index (χ3n) is 4.95. The topological polar surface area (TPSA) is 43.4 Å². The second-order valence-electron chi connectivity index (χ2n) is 6.95. The van der Waals surface area contributed by atoms with E-state index in [-0.39, 0.29) is 18.2 Å². The summed E-state index contributed by atoms with van der Waals surface area (Å²) in [7, 11) is 0. The number of Topliss-reactive ketones (excluding diaryl/α,β-unsaturated/α-hetero) is 2. The van der Waals surface area contributed by atoms with Crippen LogP contribution >= 0.6 is 11.6 Å². The molecule has 0 saturated heterocycles. The second-order valence-corrected chi connectivity index (χ2v) is 7.38. The molecule has 3 aromatic carbocycles. The Morgan fingerprint density at radius 2 is 1.76 bits per heavy atom. The van der Waals surface area contributed by atoms with Gasteiger partial charge in [0.25, 0.3) is 0 Å². The minimum atomic E-state index is -0.121. The molecule has 3 nitrogen and oxygen atoms in total. The van der Waals surface area contributed by atoms with Crippen molar-refractivity contribution in [1.82, 2.24) is 0 Å². The number of ketones is 2. The highest BCUT2D eigenvalue weighted by Gasteiger charge is 2.21. The summed E-state index contributed by atoms with van der Waals surface area (Å²) in [6, 6.07) is 21.9. The van der Waals surface area contributed by atoms with E-state index in [4.69, 9.17) is 16.3 Å². The van der Waals surface area contributed by atoms with Crippen LogP contribution in [0.25, 0.3) is 6.08 Å². The van der Waals surface area contributed by atoms with Gasteiger partial charge < -0.3 is 4.74 Å². The summed E-state index contributed by atoms with van der Waals surface area (Å²) in [6.07, 6.45) is 3.49. The van der Waals surface area contributed by atoms with Gasteiger partial charge in [-0.2, -0.15) is 0 Å². The summed E-state index contributed by atoms with van der Waals surface area (Å²) in [4.78, 5) is 25.0. The fourth-order valence-electron chi connectivity index (χ4n) is 3.42. The molecule has 0 saturated carbocycles. The number of aryl methyl sites for hydroxylation is 1. The first-order valence-corrected chi connectivity index (χ1v) is 9.83. The predicted molar refractivity (Wildman–Crippen MR) is 115 cm³/mol. The number of allylic oxidation sites excluding steroid dienone is 1. The van der Waals surface area contributed by atoms with Crippen LogP contribution in [0.15, 0.2) is 78.4 Å². The van der Waals surface area contributed by atoms with Gasteiger partial charge in [-0.25, -0.2) is 0 Å². The van der Waals surface area contributed by atoms with Crippen LogP contribution in [0.3, 0.4) is 0 Å². The molecule has 3 aromatic rings. The van der Waals surface area contributed by atoms with Crippen LogP contribution in [-0.2, 0) is 6.42 Å². The van der Waals surface area contributed by atoms with Gasteiger partial charge in [0.1, 0.15) is 5.75 Å². The Morgan fingerprint density at radius 3 is 2.59 bits per heavy atom. The van der Waals surface area contributed by atoms with E-state index < -0.39 is 0 Å². The summed E-state index contributed by atoms with van der Waals surface area (Å²) < 4.78 is 5.67. The van der Waals surface area contributed by atoms with E-state index in [1.165, 1.54) is 0 Å². The summed E-state index contributed by atoms with van der Waals surface area (Å²) in [5.41, 5.74) is 4.11. The van der Waals surface area contributed by atoms with Crippen LogP contribution in [0.5, 0.6) is 5.75 Å². The van der Waals surface area contributed by atoms with Crippen molar-refractivity contribution in [3.05, 3.63) is 106 Å². The minimum absolute atomic E-state index is 0.0615. The van der Waals surface area contributed by atoms with E-state index in [0.717, 1.165) is 35.1 Å². The average Bonchev–Trinajstić information content (AvgIpc) is 2.75. The maximum Gasteiger partial charge on any atom is 0.200 e. The average molecular weight is 403 g/mol. The van der Waals surface area contributed by atoms with Crippen LogP contribution in [0.1, 0.15) is 38.3 Å². The molecule has 144 valence electrons. The molecule has 0 heterocycles. The number of fused-ring (bicyclic) bond motifs is 1. The SMILES string of the molecule is O=C(COc1cccc(/C=C2\CCc3ccccc3C2=O)c1)c1ccc(Cl)cc1. The Hall–Kier alpha value is -3.17. The smallest absolute Gasteiger partial charge is 0.200 e. The zero-order valence-corrected chi connectivity index (χ0v) is 16.5. The largest absolute Gasteiger partial charge is 0.485 e. The summed E-state index contributed by atoms with van der Waals surface area (Å²) >= 11 is 5.85. The highest BCUT2D eigenvalue weighted by atomic mass is 35.5. The number of benzene rings is 3. The molecule has 0 amide bonds. The molecule has 4 rings (SSSR count). The monoisotopic (exact) mass is 402 g/mol.